The summed E-state index contributed by atoms with van der Waals surface area (Å²) in [6, 6.07) is 7.94. The maximum Gasteiger partial charge on any atom is 0.490 e. The standard InChI is InChI=1S/C23H37N3O2.C2HF3O2/c1-5-6-7-15-26(16-12-21(27)25-17-13-24-14-18-25)22(28)19-8-10-20(11-9-19)23(2,3)4;3-2(4,5)1(6)7/h8-11,24H,5-7,12-18H2,1-4H3;(H,6,7). The zero-order valence-corrected chi connectivity index (χ0v) is 21.1. The van der Waals surface area contributed by atoms with Gasteiger partial charge in [-0.1, -0.05) is 52.7 Å². The first kappa shape index (κ1) is 30.4. The van der Waals surface area contributed by atoms with Gasteiger partial charge >= 0.3 is 12.1 Å². The van der Waals surface area contributed by atoms with Crippen LogP contribution in [-0.2, 0) is 15.0 Å². The highest BCUT2D eigenvalue weighted by molar-refractivity contribution is 5.94. The van der Waals surface area contributed by atoms with Gasteiger partial charge in [0.1, 0.15) is 0 Å². The quantitative estimate of drug-likeness (QED) is 0.524. The van der Waals surface area contributed by atoms with Gasteiger partial charge in [-0.3, -0.25) is 9.59 Å². The Morgan fingerprint density at radius 3 is 2.00 bits per heavy atom. The number of unbranched alkanes of at least 4 members (excludes halogenated alkanes) is 2. The van der Waals surface area contributed by atoms with Gasteiger partial charge in [0.05, 0.1) is 0 Å². The Hall–Kier alpha value is -2.62. The summed E-state index contributed by atoms with van der Waals surface area (Å²) in [6.45, 7) is 13.1. The summed E-state index contributed by atoms with van der Waals surface area (Å²) in [6.07, 6.45) is -1.50. The van der Waals surface area contributed by atoms with Gasteiger partial charge in [0.15, 0.2) is 0 Å². The molecule has 2 amide bonds. The average molecular weight is 502 g/mol. The summed E-state index contributed by atoms with van der Waals surface area (Å²) in [5, 5.41) is 10.4. The van der Waals surface area contributed by atoms with E-state index >= 15 is 0 Å². The Bertz CT molecular complexity index is 815. The number of carbonyl (C=O) groups is 3. The lowest BCUT2D eigenvalue weighted by Gasteiger charge is -2.29. The molecule has 1 aliphatic rings. The second-order valence-corrected chi connectivity index (χ2v) is 9.51. The molecule has 1 aliphatic heterocycles. The van der Waals surface area contributed by atoms with Gasteiger partial charge in [-0.25, -0.2) is 4.79 Å². The number of halogens is 3. The van der Waals surface area contributed by atoms with Crippen LogP contribution in [0.1, 0.15) is 69.3 Å². The molecule has 0 aromatic heterocycles. The molecule has 0 saturated carbocycles. The molecular formula is C25H38F3N3O4. The number of carboxylic acid groups (broad SMARTS) is 1. The largest absolute Gasteiger partial charge is 0.490 e. The van der Waals surface area contributed by atoms with Crippen LogP contribution in [0.4, 0.5) is 13.2 Å². The third-order valence-electron chi connectivity index (χ3n) is 5.62. The minimum absolute atomic E-state index is 0.0321. The Balaban J connectivity index is 0.000000762. The molecule has 198 valence electrons. The van der Waals surface area contributed by atoms with E-state index in [1.54, 1.807) is 0 Å². The van der Waals surface area contributed by atoms with Gasteiger partial charge < -0.3 is 20.2 Å². The summed E-state index contributed by atoms with van der Waals surface area (Å²) in [5.74, 6) is -2.57. The molecule has 10 heteroatoms. The highest BCUT2D eigenvalue weighted by Gasteiger charge is 2.38. The van der Waals surface area contributed by atoms with E-state index < -0.39 is 12.1 Å². The van der Waals surface area contributed by atoms with Crippen molar-refractivity contribution in [2.45, 2.75) is 65.0 Å². The number of hydrogen-bond acceptors (Lipinski definition) is 4. The van der Waals surface area contributed by atoms with E-state index in [-0.39, 0.29) is 17.2 Å². The van der Waals surface area contributed by atoms with Crippen molar-refractivity contribution in [1.82, 2.24) is 15.1 Å². The minimum atomic E-state index is -5.08. The van der Waals surface area contributed by atoms with Crippen LogP contribution in [0.5, 0.6) is 0 Å². The Morgan fingerprint density at radius 2 is 1.54 bits per heavy atom. The third kappa shape index (κ3) is 11.1. The van der Waals surface area contributed by atoms with Crippen molar-refractivity contribution in [1.29, 1.82) is 0 Å². The summed E-state index contributed by atoms with van der Waals surface area (Å²) in [5.41, 5.74) is 1.99. The van der Waals surface area contributed by atoms with Gasteiger partial charge in [0, 0.05) is 51.3 Å². The molecule has 0 bridgehead atoms. The molecule has 1 aromatic carbocycles. The topological polar surface area (TPSA) is 90.0 Å². The fourth-order valence-corrected chi connectivity index (χ4v) is 3.47. The molecule has 2 N–H and O–H groups in total. The first-order valence-corrected chi connectivity index (χ1v) is 12.0. The molecule has 1 saturated heterocycles. The molecule has 7 nitrogen and oxygen atoms in total. The van der Waals surface area contributed by atoms with Crippen molar-refractivity contribution in [2.75, 3.05) is 39.3 Å². The van der Waals surface area contributed by atoms with Crippen molar-refractivity contribution in [3.63, 3.8) is 0 Å². The van der Waals surface area contributed by atoms with E-state index in [1.165, 1.54) is 5.56 Å². The molecule has 0 spiro atoms. The van der Waals surface area contributed by atoms with Crippen molar-refractivity contribution in [3.05, 3.63) is 35.4 Å². The molecule has 2 rings (SSSR count). The number of nitrogens with one attached hydrogen (secondary N) is 1. The lowest BCUT2D eigenvalue weighted by Crippen LogP contribution is -2.47. The summed E-state index contributed by atoms with van der Waals surface area (Å²) in [4.78, 5) is 38.3. The molecule has 1 aromatic rings. The highest BCUT2D eigenvalue weighted by atomic mass is 19.4. The monoisotopic (exact) mass is 501 g/mol. The zero-order valence-electron chi connectivity index (χ0n) is 21.1. The van der Waals surface area contributed by atoms with Crippen LogP contribution >= 0.6 is 0 Å². The van der Waals surface area contributed by atoms with E-state index in [1.807, 2.05) is 34.1 Å². The number of carboxylic acids is 1. The number of alkyl halides is 3. The molecular weight excluding hydrogens is 463 g/mol. The lowest BCUT2D eigenvalue weighted by atomic mass is 9.86. The number of piperazine rings is 1. The van der Waals surface area contributed by atoms with E-state index in [2.05, 4.69) is 33.0 Å². The van der Waals surface area contributed by atoms with E-state index in [4.69, 9.17) is 9.90 Å². The molecule has 0 atom stereocenters. The molecule has 1 fully saturated rings. The second-order valence-electron chi connectivity index (χ2n) is 9.51. The Kier molecular flexibility index (Phi) is 12.2. The van der Waals surface area contributed by atoms with Crippen LogP contribution in [0.25, 0.3) is 0 Å². The summed E-state index contributed by atoms with van der Waals surface area (Å²) in [7, 11) is 0. The smallest absolute Gasteiger partial charge is 0.475 e. The fourth-order valence-electron chi connectivity index (χ4n) is 3.47. The molecule has 0 aliphatic carbocycles. The van der Waals surface area contributed by atoms with Crippen molar-refractivity contribution in [3.8, 4) is 0 Å². The van der Waals surface area contributed by atoms with Crippen LogP contribution < -0.4 is 5.32 Å². The van der Waals surface area contributed by atoms with Gasteiger partial charge in [-0.2, -0.15) is 13.2 Å². The van der Waals surface area contributed by atoms with Crippen LogP contribution in [0.3, 0.4) is 0 Å². The highest BCUT2D eigenvalue weighted by Crippen LogP contribution is 2.22. The van der Waals surface area contributed by atoms with Crippen molar-refractivity contribution >= 4 is 17.8 Å². The predicted octanol–water partition coefficient (Wildman–Crippen LogP) is 4.07. The van der Waals surface area contributed by atoms with E-state index in [0.717, 1.165) is 45.4 Å². The molecule has 35 heavy (non-hydrogen) atoms. The third-order valence-corrected chi connectivity index (χ3v) is 5.62. The Morgan fingerprint density at radius 1 is 1.00 bits per heavy atom. The summed E-state index contributed by atoms with van der Waals surface area (Å²) < 4.78 is 31.7. The molecule has 0 unspecified atom stereocenters. The molecule has 1 heterocycles. The van der Waals surface area contributed by atoms with Crippen LogP contribution in [0, 0.1) is 0 Å². The first-order valence-electron chi connectivity index (χ1n) is 12.0. The van der Waals surface area contributed by atoms with Crippen molar-refractivity contribution < 1.29 is 32.7 Å². The van der Waals surface area contributed by atoms with Crippen LogP contribution in [-0.4, -0.2) is 78.1 Å². The van der Waals surface area contributed by atoms with Crippen molar-refractivity contribution in [2.24, 2.45) is 0 Å². The van der Waals surface area contributed by atoms with Gasteiger partial charge in [-0.05, 0) is 29.5 Å². The predicted molar refractivity (Wildman–Crippen MR) is 128 cm³/mol. The van der Waals surface area contributed by atoms with Gasteiger partial charge in [-0.15, -0.1) is 0 Å². The minimum Gasteiger partial charge on any atom is -0.475 e. The number of benzene rings is 1. The van der Waals surface area contributed by atoms with Gasteiger partial charge in [0.2, 0.25) is 5.91 Å². The number of hydrogen-bond donors (Lipinski definition) is 2. The number of rotatable bonds is 8. The first-order chi connectivity index (χ1) is 16.3. The number of nitrogens with zero attached hydrogens (tertiary/aromatic N) is 2. The summed E-state index contributed by atoms with van der Waals surface area (Å²) >= 11 is 0. The SMILES string of the molecule is CCCCCN(CCC(=O)N1CCNCC1)C(=O)c1ccc(C(C)(C)C)cc1.O=C(O)C(F)(F)F. The molecule has 0 radical (unpaired) electrons. The average Bonchev–Trinajstić information content (AvgIpc) is 2.80. The maximum atomic E-state index is 13.1. The van der Waals surface area contributed by atoms with Gasteiger partial charge in [0.25, 0.3) is 5.91 Å². The maximum absolute atomic E-state index is 13.1. The van der Waals surface area contributed by atoms with E-state index in [0.29, 0.717) is 25.1 Å². The number of aliphatic carboxylic acids is 1. The normalized spacial score (nSPS) is 14.1. The Labute approximate surface area is 205 Å². The number of amides is 2. The zero-order chi connectivity index (χ0) is 26.6. The van der Waals surface area contributed by atoms with Crippen LogP contribution in [0.2, 0.25) is 0 Å². The lowest BCUT2D eigenvalue weighted by molar-refractivity contribution is -0.192. The fraction of sp³-hybridized carbons (Fsp3) is 0.640. The second kappa shape index (κ2) is 14.1. The van der Waals surface area contributed by atoms with E-state index in [9.17, 15) is 22.8 Å². The number of carbonyl (C=O) groups excluding carboxylic acids is 2. The van der Waals surface area contributed by atoms with Crippen LogP contribution in [0.15, 0.2) is 24.3 Å².